The Morgan fingerprint density at radius 1 is 1.28 bits per heavy atom. The second-order valence-corrected chi connectivity index (χ2v) is 9.25. The van der Waals surface area contributed by atoms with Crippen molar-refractivity contribution >= 4 is 21.8 Å². The Morgan fingerprint density at radius 2 is 2.09 bits per heavy atom. The van der Waals surface area contributed by atoms with Crippen molar-refractivity contribution in [3.05, 3.63) is 47.8 Å². The zero-order valence-corrected chi connectivity index (χ0v) is 19.3. The predicted molar refractivity (Wildman–Crippen MR) is 123 cm³/mol. The molecule has 172 valence electrons. The molecule has 1 aliphatic heterocycles. The molecule has 3 aromatic rings. The molecule has 1 aliphatic carbocycles. The summed E-state index contributed by atoms with van der Waals surface area (Å²) in [5, 5.41) is 0.465. The molecule has 0 bridgehead atoms. The average molecular weight is 459 g/mol. The Kier molecular flexibility index (Phi) is 7.20. The first kappa shape index (κ1) is 22.8. The highest BCUT2D eigenvalue weighted by Crippen LogP contribution is 2.42. The van der Waals surface area contributed by atoms with Gasteiger partial charge < -0.3 is 24.9 Å². The van der Waals surface area contributed by atoms with Gasteiger partial charge in [-0.25, -0.2) is 4.98 Å². The highest BCUT2D eigenvalue weighted by atomic mass is 32.2. The number of ether oxygens (including phenoxy) is 3. The Hall–Kier alpha value is -2.33. The summed E-state index contributed by atoms with van der Waals surface area (Å²) in [6, 6.07) is 9.51. The van der Waals surface area contributed by atoms with Gasteiger partial charge in [-0.1, -0.05) is 12.1 Å². The first-order valence-corrected chi connectivity index (χ1v) is 12.2. The van der Waals surface area contributed by atoms with E-state index in [4.69, 9.17) is 14.2 Å². The van der Waals surface area contributed by atoms with Crippen LogP contribution in [0.2, 0.25) is 0 Å². The number of aromatic amines is 1. The third-order valence-electron chi connectivity index (χ3n) is 5.84. The molecule has 0 radical (unpaired) electrons. The standard InChI is InChI=1S/C22H25N3O4S.CH5N/c1-15-19(14-30(26)21-24-17-5-2-3-6-18(17)25-21)23-11-7-20(15)27-12-8-16-13-28-22(29-16)9-4-10-22;1-2/h2-3,5-7,11,16H,4,8-10,12-14H2,1H3,(H,24,25);2H2,1H3. The van der Waals surface area contributed by atoms with Gasteiger partial charge in [0.1, 0.15) is 5.75 Å². The average Bonchev–Trinajstić information content (AvgIpc) is 3.42. The van der Waals surface area contributed by atoms with Crippen molar-refractivity contribution in [1.82, 2.24) is 15.0 Å². The van der Waals surface area contributed by atoms with E-state index in [-0.39, 0.29) is 17.6 Å². The number of H-pyrrole nitrogens is 1. The summed E-state index contributed by atoms with van der Waals surface area (Å²) in [5.74, 6) is 0.745. The molecule has 3 N–H and O–H groups in total. The van der Waals surface area contributed by atoms with Crippen molar-refractivity contribution in [2.24, 2.45) is 5.73 Å². The third kappa shape index (κ3) is 4.85. The normalized spacial score (nSPS) is 19.9. The number of imidazole rings is 1. The fourth-order valence-electron chi connectivity index (χ4n) is 3.88. The fourth-order valence-corrected chi connectivity index (χ4v) is 4.98. The highest BCUT2D eigenvalue weighted by Gasteiger charge is 2.46. The molecule has 2 fully saturated rings. The number of pyridine rings is 1. The maximum atomic E-state index is 12.8. The van der Waals surface area contributed by atoms with E-state index in [1.165, 1.54) is 13.5 Å². The minimum absolute atomic E-state index is 0.0903. The number of hydrogen-bond donors (Lipinski definition) is 2. The Balaban J connectivity index is 0.00000119. The molecule has 5 rings (SSSR count). The summed E-state index contributed by atoms with van der Waals surface area (Å²) in [5.41, 5.74) is 7.84. The van der Waals surface area contributed by atoms with Crippen LogP contribution >= 0.6 is 0 Å². The molecule has 1 saturated heterocycles. The molecule has 9 heteroatoms. The summed E-state index contributed by atoms with van der Waals surface area (Å²) in [7, 11) is 0.182. The van der Waals surface area contributed by atoms with Gasteiger partial charge in [0.25, 0.3) is 0 Å². The van der Waals surface area contributed by atoms with Crippen molar-refractivity contribution in [3.8, 4) is 5.75 Å². The maximum absolute atomic E-state index is 12.8. The first-order chi connectivity index (χ1) is 15.6. The van der Waals surface area contributed by atoms with Crippen molar-refractivity contribution in [2.75, 3.05) is 20.3 Å². The molecule has 0 amide bonds. The van der Waals surface area contributed by atoms with Crippen LogP contribution in [0, 0.1) is 6.92 Å². The van der Waals surface area contributed by atoms with Crippen LogP contribution in [-0.4, -0.2) is 51.3 Å². The largest absolute Gasteiger partial charge is 0.493 e. The monoisotopic (exact) mass is 458 g/mol. The van der Waals surface area contributed by atoms with Crippen LogP contribution in [0.15, 0.2) is 41.7 Å². The number of benzene rings is 1. The van der Waals surface area contributed by atoms with Crippen molar-refractivity contribution < 1.29 is 18.4 Å². The van der Waals surface area contributed by atoms with Crippen LogP contribution in [0.1, 0.15) is 36.9 Å². The molecular weight excluding hydrogens is 428 g/mol. The number of fused-ring (bicyclic) bond motifs is 1. The number of nitrogens with two attached hydrogens (primary N) is 1. The molecule has 2 aliphatic rings. The molecule has 3 heterocycles. The number of nitrogens with zero attached hydrogens (tertiary/aromatic N) is 2. The Bertz CT molecular complexity index is 1050. The van der Waals surface area contributed by atoms with Gasteiger partial charge in [-0.15, -0.1) is 0 Å². The molecular formula is C23H30N4O4S. The van der Waals surface area contributed by atoms with Crippen LogP contribution in [-0.2, 0) is 26.0 Å². The predicted octanol–water partition coefficient (Wildman–Crippen LogP) is 3.21. The van der Waals surface area contributed by atoms with E-state index in [2.05, 4.69) is 20.7 Å². The minimum Gasteiger partial charge on any atom is -0.493 e. The lowest BCUT2D eigenvalue weighted by Gasteiger charge is -2.36. The van der Waals surface area contributed by atoms with Crippen molar-refractivity contribution in [2.45, 2.75) is 55.4 Å². The van der Waals surface area contributed by atoms with E-state index in [9.17, 15) is 4.21 Å². The lowest BCUT2D eigenvalue weighted by Crippen LogP contribution is -2.38. The molecule has 8 nitrogen and oxygen atoms in total. The lowest BCUT2D eigenvalue weighted by molar-refractivity contribution is -0.216. The van der Waals surface area contributed by atoms with Crippen LogP contribution in [0.3, 0.4) is 0 Å². The first-order valence-electron chi connectivity index (χ1n) is 10.9. The third-order valence-corrected chi connectivity index (χ3v) is 7.00. The molecule has 1 spiro atoms. The van der Waals surface area contributed by atoms with Gasteiger partial charge in [0, 0.05) is 31.0 Å². The summed E-state index contributed by atoms with van der Waals surface area (Å²) in [4.78, 5) is 12.0. The molecule has 2 atom stereocenters. The molecule has 1 aromatic carbocycles. The summed E-state index contributed by atoms with van der Waals surface area (Å²) in [6.45, 7) is 3.13. The summed E-state index contributed by atoms with van der Waals surface area (Å²) in [6.07, 6.45) is 5.75. The topological polar surface area (TPSA) is 112 Å². The van der Waals surface area contributed by atoms with Gasteiger partial charge in [0.05, 0.1) is 52.6 Å². The zero-order chi connectivity index (χ0) is 22.6. The van der Waals surface area contributed by atoms with Crippen LogP contribution in [0.4, 0.5) is 0 Å². The van der Waals surface area contributed by atoms with E-state index in [0.29, 0.717) is 18.4 Å². The van der Waals surface area contributed by atoms with E-state index in [0.717, 1.165) is 47.3 Å². The molecule has 2 unspecified atom stereocenters. The number of para-hydroxylation sites is 2. The van der Waals surface area contributed by atoms with Crippen LogP contribution in [0.25, 0.3) is 11.0 Å². The van der Waals surface area contributed by atoms with Crippen molar-refractivity contribution in [1.29, 1.82) is 0 Å². The van der Waals surface area contributed by atoms with Gasteiger partial charge in [0.2, 0.25) is 0 Å². The van der Waals surface area contributed by atoms with Gasteiger partial charge in [0.15, 0.2) is 10.9 Å². The van der Waals surface area contributed by atoms with Gasteiger partial charge in [-0.05, 0) is 38.6 Å². The maximum Gasteiger partial charge on any atom is 0.197 e. The second-order valence-electron chi connectivity index (χ2n) is 7.88. The number of nitrogens with one attached hydrogen (secondary N) is 1. The van der Waals surface area contributed by atoms with Crippen molar-refractivity contribution in [3.63, 3.8) is 0 Å². The van der Waals surface area contributed by atoms with E-state index in [1.54, 1.807) is 6.20 Å². The van der Waals surface area contributed by atoms with Gasteiger partial charge in [-0.3, -0.25) is 9.19 Å². The summed E-state index contributed by atoms with van der Waals surface area (Å²) < 4.78 is 30.7. The quantitative estimate of drug-likeness (QED) is 0.559. The SMILES string of the molecule is CN.Cc1c(OCCC2COC3(CCC3)O2)ccnc1CS(=O)c1nc2ccccc2[nH]1. The molecule has 1 saturated carbocycles. The highest BCUT2D eigenvalue weighted by molar-refractivity contribution is 7.84. The van der Waals surface area contributed by atoms with E-state index >= 15 is 0 Å². The number of hydrogen-bond acceptors (Lipinski definition) is 7. The number of rotatable bonds is 7. The van der Waals surface area contributed by atoms with Crippen LogP contribution < -0.4 is 10.5 Å². The zero-order valence-electron chi connectivity index (χ0n) is 18.5. The lowest BCUT2D eigenvalue weighted by atomic mass is 9.91. The Labute approximate surface area is 190 Å². The fraction of sp³-hybridized carbons (Fsp3) is 0.478. The number of aromatic nitrogens is 3. The minimum atomic E-state index is -1.32. The van der Waals surface area contributed by atoms with Gasteiger partial charge >= 0.3 is 0 Å². The van der Waals surface area contributed by atoms with Gasteiger partial charge in [-0.2, -0.15) is 0 Å². The molecule has 32 heavy (non-hydrogen) atoms. The second kappa shape index (κ2) is 10.1. The smallest absolute Gasteiger partial charge is 0.197 e. The van der Waals surface area contributed by atoms with E-state index < -0.39 is 10.8 Å². The summed E-state index contributed by atoms with van der Waals surface area (Å²) >= 11 is 0. The molecule has 2 aromatic heterocycles. The van der Waals surface area contributed by atoms with Crippen LogP contribution in [0.5, 0.6) is 5.75 Å². The van der Waals surface area contributed by atoms with E-state index in [1.807, 2.05) is 37.3 Å². The Morgan fingerprint density at radius 3 is 2.81 bits per heavy atom.